The zero-order valence-electron chi connectivity index (χ0n) is 18.9. The quantitative estimate of drug-likeness (QED) is 0.227. The van der Waals surface area contributed by atoms with Crippen LogP contribution in [0.4, 0.5) is 0 Å². The highest BCUT2D eigenvalue weighted by Crippen LogP contribution is 2.12. The second-order valence-electron chi connectivity index (χ2n) is 8.03. The van der Waals surface area contributed by atoms with Crippen LogP contribution in [0.2, 0.25) is 0 Å². The van der Waals surface area contributed by atoms with Crippen LogP contribution in [0.3, 0.4) is 0 Å². The van der Waals surface area contributed by atoms with Gasteiger partial charge in [0.25, 0.3) is 0 Å². The molecule has 0 aliphatic rings. The van der Waals surface area contributed by atoms with Gasteiger partial charge in [-0.2, -0.15) is 0 Å². The summed E-state index contributed by atoms with van der Waals surface area (Å²) in [5.74, 6) is -0.720. The molecule has 2 heteroatoms. The Labute approximate surface area is 173 Å². The number of rotatable bonds is 15. The summed E-state index contributed by atoms with van der Waals surface area (Å²) in [5, 5.41) is 8.69. The molecule has 1 N–H and O–H groups in total. The topological polar surface area (TPSA) is 37.3 Å². The summed E-state index contributed by atoms with van der Waals surface area (Å²) in [6.45, 7) is 10.8. The second kappa shape index (κ2) is 17.3. The minimum absolute atomic E-state index is 0.231. The predicted molar refractivity (Wildman–Crippen MR) is 124 cm³/mol. The highest BCUT2D eigenvalue weighted by atomic mass is 16.4. The Morgan fingerprint density at radius 3 is 1.46 bits per heavy atom. The second-order valence-corrected chi connectivity index (χ2v) is 8.03. The first-order valence-electron chi connectivity index (χ1n) is 10.8. The molecule has 0 bridgehead atoms. The molecule has 0 aliphatic heterocycles. The molecule has 0 saturated carbocycles. The van der Waals surface area contributed by atoms with Gasteiger partial charge < -0.3 is 5.11 Å². The third kappa shape index (κ3) is 18.9. The van der Waals surface area contributed by atoms with Crippen molar-refractivity contribution in [2.45, 2.75) is 98.8 Å². The van der Waals surface area contributed by atoms with Crippen LogP contribution in [-0.4, -0.2) is 11.1 Å². The van der Waals surface area contributed by atoms with Crippen LogP contribution in [0.25, 0.3) is 0 Å². The molecule has 0 aromatic heterocycles. The summed E-state index contributed by atoms with van der Waals surface area (Å²) in [5.41, 5.74) is 5.50. The number of aliphatic carboxylic acids is 1. The third-order valence-corrected chi connectivity index (χ3v) is 4.67. The van der Waals surface area contributed by atoms with E-state index < -0.39 is 5.97 Å². The van der Waals surface area contributed by atoms with Gasteiger partial charge in [-0.15, -0.1) is 0 Å². The maximum absolute atomic E-state index is 10.6. The Bertz CT molecular complexity index is 582. The monoisotopic (exact) mass is 386 g/mol. The largest absolute Gasteiger partial charge is 0.481 e. The number of unbranched alkanes of at least 4 members (excludes halogenated alkanes) is 2. The lowest BCUT2D eigenvalue weighted by molar-refractivity contribution is -0.136. The first kappa shape index (κ1) is 26.2. The smallest absolute Gasteiger partial charge is 0.303 e. The Balaban J connectivity index is 3.85. The van der Waals surface area contributed by atoms with Crippen LogP contribution in [0.1, 0.15) is 98.8 Å². The van der Waals surface area contributed by atoms with E-state index in [-0.39, 0.29) is 6.42 Å². The van der Waals surface area contributed by atoms with Crippen molar-refractivity contribution >= 4 is 5.97 Å². The first-order chi connectivity index (χ1) is 13.3. The number of carboxylic acids is 1. The molecular weight excluding hydrogens is 344 g/mol. The van der Waals surface area contributed by atoms with Crippen molar-refractivity contribution in [3.05, 3.63) is 58.7 Å². The molecule has 0 unspecified atom stereocenters. The van der Waals surface area contributed by atoms with E-state index in [1.165, 1.54) is 28.7 Å². The molecule has 0 heterocycles. The average Bonchev–Trinajstić information content (AvgIpc) is 2.61. The molecule has 28 heavy (non-hydrogen) atoms. The van der Waals surface area contributed by atoms with E-state index in [1.54, 1.807) is 0 Å². The van der Waals surface area contributed by atoms with Crippen molar-refractivity contribution in [3.8, 4) is 0 Å². The highest BCUT2D eigenvalue weighted by Gasteiger charge is 1.97. The summed E-state index contributed by atoms with van der Waals surface area (Å²) in [4.78, 5) is 10.6. The molecule has 0 fully saturated rings. The molecule has 158 valence electrons. The van der Waals surface area contributed by atoms with Gasteiger partial charge in [0.15, 0.2) is 0 Å². The van der Waals surface area contributed by atoms with Crippen LogP contribution >= 0.6 is 0 Å². The Morgan fingerprint density at radius 2 is 1.00 bits per heavy atom. The number of hydrogen-bond donors (Lipinski definition) is 1. The summed E-state index contributed by atoms with van der Waals surface area (Å²) < 4.78 is 0. The summed E-state index contributed by atoms with van der Waals surface area (Å²) in [6, 6.07) is 0. The van der Waals surface area contributed by atoms with Crippen molar-refractivity contribution < 1.29 is 9.90 Å². The standard InChI is InChI=1S/C26H42O2/c1-22(2)14-12-17-23(3)15-10-8-6-7-9-11-16-24(4)18-13-19-25(5)20-21-26(27)28/h6-7,14-16,19H,8-13,17-18,20-21H2,1-5H3,(H,27,28)/b7-6+,23-15+,24-16+,25-19+. The predicted octanol–water partition coefficient (Wildman–Crippen LogP) is 8.33. The van der Waals surface area contributed by atoms with Crippen molar-refractivity contribution in [1.82, 2.24) is 0 Å². The SMILES string of the molecule is CC(C)=CCC/C(C)=C/CC/C=C/CC/C=C(\C)CC/C=C(\C)CCC(=O)O. The molecule has 0 aromatic rings. The average molecular weight is 387 g/mol. The number of allylic oxidation sites excluding steroid dienone is 10. The van der Waals surface area contributed by atoms with Gasteiger partial charge in [0.2, 0.25) is 0 Å². The molecule has 0 radical (unpaired) electrons. The Hall–Kier alpha value is -1.83. The fraction of sp³-hybridized carbons (Fsp3) is 0.577. The fourth-order valence-electron chi connectivity index (χ4n) is 2.83. The van der Waals surface area contributed by atoms with E-state index in [2.05, 4.69) is 64.2 Å². The molecule has 2 nitrogen and oxygen atoms in total. The van der Waals surface area contributed by atoms with Gasteiger partial charge in [0, 0.05) is 6.42 Å². The summed E-state index contributed by atoms with van der Waals surface area (Å²) in [7, 11) is 0. The molecular formula is C26H42O2. The number of carboxylic acid groups (broad SMARTS) is 1. The van der Waals surface area contributed by atoms with Crippen LogP contribution in [0.15, 0.2) is 58.7 Å². The van der Waals surface area contributed by atoms with Crippen LogP contribution < -0.4 is 0 Å². The minimum Gasteiger partial charge on any atom is -0.481 e. The lowest BCUT2D eigenvalue weighted by Gasteiger charge is -2.01. The van der Waals surface area contributed by atoms with Crippen molar-refractivity contribution in [2.75, 3.05) is 0 Å². The molecule has 0 saturated heterocycles. The van der Waals surface area contributed by atoms with Gasteiger partial charge in [0.05, 0.1) is 0 Å². The molecule has 0 amide bonds. The fourth-order valence-corrected chi connectivity index (χ4v) is 2.83. The molecule has 0 aromatic carbocycles. The van der Waals surface area contributed by atoms with Gasteiger partial charge in [-0.3, -0.25) is 4.79 Å². The third-order valence-electron chi connectivity index (χ3n) is 4.67. The molecule has 0 atom stereocenters. The lowest BCUT2D eigenvalue weighted by atomic mass is 10.1. The molecule has 0 aliphatic carbocycles. The maximum Gasteiger partial charge on any atom is 0.303 e. The van der Waals surface area contributed by atoms with E-state index >= 15 is 0 Å². The van der Waals surface area contributed by atoms with Gasteiger partial charge >= 0.3 is 5.97 Å². The van der Waals surface area contributed by atoms with E-state index in [0.29, 0.717) is 6.42 Å². The highest BCUT2D eigenvalue weighted by molar-refractivity contribution is 5.66. The maximum atomic E-state index is 10.6. The minimum atomic E-state index is -0.720. The molecule has 0 spiro atoms. The number of hydrogen-bond acceptors (Lipinski definition) is 1. The van der Waals surface area contributed by atoms with Gasteiger partial charge in [-0.25, -0.2) is 0 Å². The Morgan fingerprint density at radius 1 is 0.571 bits per heavy atom. The molecule has 0 rings (SSSR count). The van der Waals surface area contributed by atoms with E-state index in [1.807, 2.05) is 6.92 Å². The van der Waals surface area contributed by atoms with E-state index in [0.717, 1.165) is 44.9 Å². The van der Waals surface area contributed by atoms with Crippen molar-refractivity contribution in [3.63, 3.8) is 0 Å². The van der Waals surface area contributed by atoms with Crippen LogP contribution in [0, 0.1) is 0 Å². The van der Waals surface area contributed by atoms with E-state index in [4.69, 9.17) is 5.11 Å². The van der Waals surface area contributed by atoms with Crippen molar-refractivity contribution in [2.24, 2.45) is 0 Å². The van der Waals surface area contributed by atoms with Crippen LogP contribution in [0.5, 0.6) is 0 Å². The first-order valence-corrected chi connectivity index (χ1v) is 10.8. The van der Waals surface area contributed by atoms with Crippen LogP contribution in [-0.2, 0) is 4.79 Å². The zero-order chi connectivity index (χ0) is 21.2. The van der Waals surface area contributed by atoms with Crippen molar-refractivity contribution in [1.29, 1.82) is 0 Å². The summed E-state index contributed by atoms with van der Waals surface area (Å²) >= 11 is 0. The number of carbonyl (C=O) groups is 1. The van der Waals surface area contributed by atoms with E-state index in [9.17, 15) is 4.79 Å². The zero-order valence-corrected chi connectivity index (χ0v) is 18.9. The van der Waals surface area contributed by atoms with Gasteiger partial charge in [-0.05, 0) is 92.4 Å². The summed E-state index contributed by atoms with van der Waals surface area (Å²) in [6.07, 6.45) is 23.5. The van der Waals surface area contributed by atoms with Gasteiger partial charge in [-0.1, -0.05) is 58.7 Å². The normalized spacial score (nSPS) is 13.2. The lowest BCUT2D eigenvalue weighted by Crippen LogP contribution is -1.94. The van der Waals surface area contributed by atoms with Gasteiger partial charge in [0.1, 0.15) is 0 Å². The Kier molecular flexibility index (Phi) is 16.2.